The van der Waals surface area contributed by atoms with E-state index in [9.17, 15) is 4.79 Å². The average Bonchev–Trinajstić information content (AvgIpc) is 2.65. The molecule has 3 rings (SSSR count). The fraction of sp³-hybridized carbons (Fsp3) is 0.263. The molecule has 0 aliphatic heterocycles. The SMILES string of the molecule is COc1cc2nc(C[NH2+][C@H](C)c3ccc(Cl)cc3)[nH]c(=O)c2cc1OC. The van der Waals surface area contributed by atoms with Crippen LogP contribution in [0.4, 0.5) is 0 Å². The molecule has 0 aliphatic carbocycles. The van der Waals surface area contributed by atoms with Crippen LogP contribution in [-0.4, -0.2) is 24.2 Å². The Morgan fingerprint density at radius 1 is 1.15 bits per heavy atom. The number of quaternary nitrogens is 1. The number of aromatic nitrogens is 2. The van der Waals surface area contributed by atoms with Gasteiger partial charge in [-0.25, -0.2) is 4.98 Å². The quantitative estimate of drug-likeness (QED) is 0.694. The zero-order valence-electron chi connectivity index (χ0n) is 14.9. The maximum atomic E-state index is 12.4. The largest absolute Gasteiger partial charge is 0.493 e. The summed E-state index contributed by atoms with van der Waals surface area (Å²) in [6.45, 7) is 2.64. The van der Waals surface area contributed by atoms with E-state index in [4.69, 9.17) is 21.1 Å². The summed E-state index contributed by atoms with van der Waals surface area (Å²) in [5, 5.41) is 3.29. The molecule has 0 amide bonds. The maximum Gasteiger partial charge on any atom is 0.259 e. The number of nitrogens with zero attached hydrogens (tertiary/aromatic N) is 1. The summed E-state index contributed by atoms with van der Waals surface area (Å²) >= 11 is 5.93. The Balaban J connectivity index is 1.84. The van der Waals surface area contributed by atoms with E-state index in [1.807, 2.05) is 24.3 Å². The van der Waals surface area contributed by atoms with Gasteiger partial charge in [-0.15, -0.1) is 0 Å². The van der Waals surface area contributed by atoms with Crippen LogP contribution in [0, 0.1) is 0 Å². The number of H-pyrrole nitrogens is 1. The van der Waals surface area contributed by atoms with Crippen molar-refractivity contribution >= 4 is 22.5 Å². The van der Waals surface area contributed by atoms with Gasteiger partial charge >= 0.3 is 0 Å². The number of aromatic amines is 1. The second-order valence-corrected chi connectivity index (χ2v) is 6.45. The zero-order valence-corrected chi connectivity index (χ0v) is 15.6. The lowest BCUT2D eigenvalue weighted by Gasteiger charge is -2.12. The predicted molar refractivity (Wildman–Crippen MR) is 101 cm³/mol. The highest BCUT2D eigenvalue weighted by molar-refractivity contribution is 6.30. The molecule has 3 aromatic rings. The minimum Gasteiger partial charge on any atom is -0.493 e. The number of benzene rings is 2. The molecule has 1 heterocycles. The number of halogens is 1. The highest BCUT2D eigenvalue weighted by Gasteiger charge is 2.13. The Morgan fingerprint density at radius 3 is 2.46 bits per heavy atom. The Morgan fingerprint density at radius 2 is 1.81 bits per heavy atom. The summed E-state index contributed by atoms with van der Waals surface area (Å²) in [6, 6.07) is 11.3. The van der Waals surface area contributed by atoms with Crippen molar-refractivity contribution in [3.05, 3.63) is 63.2 Å². The molecular formula is C19H21ClN3O3+. The molecule has 7 heteroatoms. The number of nitrogens with two attached hydrogens (primary N) is 1. The normalized spacial score (nSPS) is 12.2. The van der Waals surface area contributed by atoms with Gasteiger partial charge in [-0.2, -0.15) is 0 Å². The smallest absolute Gasteiger partial charge is 0.259 e. The zero-order chi connectivity index (χ0) is 18.7. The van der Waals surface area contributed by atoms with Gasteiger partial charge in [-0.05, 0) is 25.1 Å². The maximum absolute atomic E-state index is 12.4. The van der Waals surface area contributed by atoms with Gasteiger partial charge < -0.3 is 19.8 Å². The number of methoxy groups -OCH3 is 2. The third-order valence-electron chi connectivity index (χ3n) is 4.32. The van der Waals surface area contributed by atoms with Crippen LogP contribution in [0.2, 0.25) is 5.02 Å². The summed E-state index contributed by atoms with van der Waals surface area (Å²) in [6.07, 6.45) is 0. The topological polar surface area (TPSA) is 80.8 Å². The van der Waals surface area contributed by atoms with Crippen LogP contribution >= 0.6 is 11.6 Å². The van der Waals surface area contributed by atoms with E-state index >= 15 is 0 Å². The lowest BCUT2D eigenvalue weighted by molar-refractivity contribution is -0.708. The van der Waals surface area contributed by atoms with Crippen LogP contribution < -0.4 is 20.3 Å². The summed E-state index contributed by atoms with van der Waals surface area (Å²) < 4.78 is 10.5. The van der Waals surface area contributed by atoms with Crippen LogP contribution in [0.3, 0.4) is 0 Å². The molecule has 136 valence electrons. The Kier molecular flexibility index (Phi) is 5.44. The van der Waals surface area contributed by atoms with Crippen molar-refractivity contribution in [2.45, 2.75) is 19.5 Å². The minimum atomic E-state index is -0.196. The van der Waals surface area contributed by atoms with Crippen LogP contribution in [-0.2, 0) is 6.54 Å². The van der Waals surface area contributed by atoms with Crippen molar-refractivity contribution in [3.63, 3.8) is 0 Å². The van der Waals surface area contributed by atoms with E-state index in [-0.39, 0.29) is 11.6 Å². The van der Waals surface area contributed by atoms with E-state index < -0.39 is 0 Å². The van der Waals surface area contributed by atoms with Gasteiger partial charge in [0.2, 0.25) is 0 Å². The first kappa shape index (κ1) is 18.2. The van der Waals surface area contributed by atoms with Crippen molar-refractivity contribution < 1.29 is 14.8 Å². The lowest BCUT2D eigenvalue weighted by atomic mass is 10.1. The summed E-state index contributed by atoms with van der Waals surface area (Å²) in [7, 11) is 3.09. The van der Waals surface area contributed by atoms with Crippen molar-refractivity contribution in [1.29, 1.82) is 0 Å². The summed E-state index contributed by atoms with van der Waals surface area (Å²) in [4.78, 5) is 19.8. The number of fused-ring (bicyclic) bond motifs is 1. The van der Waals surface area contributed by atoms with Gasteiger partial charge in [0.1, 0.15) is 12.6 Å². The number of rotatable bonds is 6. The molecule has 0 aliphatic rings. The first-order valence-corrected chi connectivity index (χ1v) is 8.63. The molecule has 1 aromatic heterocycles. The van der Waals surface area contributed by atoms with Crippen LogP contribution in [0.1, 0.15) is 24.4 Å². The molecule has 3 N–H and O–H groups in total. The van der Waals surface area contributed by atoms with Crippen molar-refractivity contribution in [2.24, 2.45) is 0 Å². The van der Waals surface area contributed by atoms with Crippen molar-refractivity contribution in [2.75, 3.05) is 14.2 Å². The molecule has 0 radical (unpaired) electrons. The van der Waals surface area contributed by atoms with Crippen LogP contribution in [0.15, 0.2) is 41.2 Å². The Labute approximate surface area is 156 Å². The minimum absolute atomic E-state index is 0.196. The van der Waals surface area contributed by atoms with Gasteiger partial charge in [-0.3, -0.25) is 4.79 Å². The molecule has 6 nitrogen and oxygen atoms in total. The molecule has 0 saturated heterocycles. The third kappa shape index (κ3) is 3.81. The number of nitrogens with one attached hydrogen (secondary N) is 1. The fourth-order valence-corrected chi connectivity index (χ4v) is 2.93. The molecule has 0 fully saturated rings. The van der Waals surface area contributed by atoms with E-state index in [0.717, 1.165) is 5.56 Å². The van der Waals surface area contributed by atoms with Crippen molar-refractivity contribution in [3.8, 4) is 11.5 Å². The predicted octanol–water partition coefficient (Wildman–Crippen LogP) is 2.42. The summed E-state index contributed by atoms with van der Waals surface area (Å²) in [5.74, 6) is 1.65. The molecule has 0 spiro atoms. The Bertz CT molecular complexity index is 970. The average molecular weight is 375 g/mol. The second-order valence-electron chi connectivity index (χ2n) is 6.02. The van der Waals surface area contributed by atoms with Crippen LogP contribution in [0.5, 0.6) is 11.5 Å². The highest BCUT2D eigenvalue weighted by Crippen LogP contribution is 2.29. The van der Waals surface area contributed by atoms with Gasteiger partial charge in [0.25, 0.3) is 5.56 Å². The van der Waals surface area contributed by atoms with E-state index in [1.165, 1.54) is 7.11 Å². The first-order valence-electron chi connectivity index (χ1n) is 8.25. The van der Waals surface area contributed by atoms with Crippen molar-refractivity contribution in [1.82, 2.24) is 9.97 Å². The molecule has 2 aromatic carbocycles. The van der Waals surface area contributed by atoms with Gasteiger partial charge in [0.05, 0.1) is 25.1 Å². The first-order chi connectivity index (χ1) is 12.5. The standard InChI is InChI=1S/C19H20ClN3O3/c1-11(12-4-6-13(20)7-5-12)21-10-18-22-15-9-17(26-3)16(25-2)8-14(15)19(24)23-18/h4-9,11,21H,10H2,1-3H3,(H,22,23,24)/p+1/t11-/m1/s1. The number of hydrogen-bond acceptors (Lipinski definition) is 4. The van der Waals surface area contributed by atoms with Gasteiger partial charge in [0, 0.05) is 16.7 Å². The van der Waals surface area contributed by atoms with Gasteiger partial charge in [0.15, 0.2) is 17.3 Å². The van der Waals surface area contributed by atoms with Gasteiger partial charge in [-0.1, -0.05) is 23.7 Å². The second kappa shape index (κ2) is 7.76. The van der Waals surface area contributed by atoms with E-state index in [1.54, 1.807) is 19.2 Å². The van der Waals surface area contributed by atoms with E-state index in [2.05, 4.69) is 22.2 Å². The van der Waals surface area contributed by atoms with E-state index in [0.29, 0.717) is 39.8 Å². The molecule has 0 bridgehead atoms. The molecule has 0 unspecified atom stereocenters. The molecule has 1 atom stereocenters. The fourth-order valence-electron chi connectivity index (χ4n) is 2.80. The highest BCUT2D eigenvalue weighted by atomic mass is 35.5. The monoisotopic (exact) mass is 374 g/mol. The van der Waals surface area contributed by atoms with Crippen LogP contribution in [0.25, 0.3) is 10.9 Å². The number of hydrogen-bond donors (Lipinski definition) is 2. The molecule has 26 heavy (non-hydrogen) atoms. The number of ether oxygens (including phenoxy) is 2. The Hall–Kier alpha value is -2.57. The lowest BCUT2D eigenvalue weighted by Crippen LogP contribution is -2.83. The molecular weight excluding hydrogens is 354 g/mol. The third-order valence-corrected chi connectivity index (χ3v) is 4.57. The molecule has 0 saturated carbocycles. The summed E-state index contributed by atoms with van der Waals surface area (Å²) in [5.41, 5.74) is 1.54.